The topological polar surface area (TPSA) is 79.5 Å². The van der Waals surface area contributed by atoms with Crippen LogP contribution < -0.4 is 0 Å². The first kappa shape index (κ1) is 13.3. The number of rotatable bonds is 5. The van der Waals surface area contributed by atoms with Gasteiger partial charge in [-0.05, 0) is 30.3 Å². The second kappa shape index (κ2) is 5.72. The van der Waals surface area contributed by atoms with E-state index in [2.05, 4.69) is 15.0 Å². The lowest BCUT2D eigenvalue weighted by molar-refractivity contribution is -0.138. The minimum atomic E-state index is -0.727. The Morgan fingerprint density at radius 1 is 1.60 bits per heavy atom. The molecule has 7 heteroatoms. The Morgan fingerprint density at radius 2 is 2.50 bits per heavy atom. The largest absolute Gasteiger partial charge is 0.481 e. The van der Waals surface area contributed by atoms with Gasteiger partial charge in [0.25, 0.3) is 0 Å². The van der Waals surface area contributed by atoms with Crippen LogP contribution in [0.2, 0.25) is 0 Å². The fraction of sp³-hybridized carbons (Fsp3) is 0.462. The summed E-state index contributed by atoms with van der Waals surface area (Å²) in [7, 11) is 0. The number of thiophene rings is 1. The molecule has 0 radical (unpaired) electrons. The number of carboxylic acids is 1. The van der Waals surface area contributed by atoms with Crippen LogP contribution >= 0.6 is 11.3 Å². The van der Waals surface area contributed by atoms with Gasteiger partial charge in [-0.1, -0.05) is 5.16 Å². The normalized spacial score (nSPS) is 19.5. The Bertz CT molecular complexity index is 581. The molecule has 1 N–H and O–H groups in total. The van der Waals surface area contributed by atoms with Gasteiger partial charge in [0, 0.05) is 23.9 Å². The van der Waals surface area contributed by atoms with E-state index < -0.39 is 5.97 Å². The van der Waals surface area contributed by atoms with Crippen LogP contribution in [0.3, 0.4) is 0 Å². The van der Waals surface area contributed by atoms with E-state index in [-0.39, 0.29) is 12.3 Å². The fourth-order valence-electron chi connectivity index (χ4n) is 2.49. The summed E-state index contributed by atoms with van der Waals surface area (Å²) >= 11 is 1.59. The molecule has 6 nitrogen and oxygen atoms in total. The van der Waals surface area contributed by atoms with E-state index in [0.717, 1.165) is 25.1 Å². The molecule has 1 unspecified atom stereocenters. The number of nitrogens with zero attached hydrogens (tertiary/aromatic N) is 3. The van der Waals surface area contributed by atoms with Gasteiger partial charge in [0.2, 0.25) is 11.7 Å². The molecule has 3 rings (SSSR count). The Kier molecular flexibility index (Phi) is 3.79. The maximum atomic E-state index is 10.7. The Labute approximate surface area is 120 Å². The Balaban J connectivity index is 1.58. The molecule has 106 valence electrons. The van der Waals surface area contributed by atoms with Gasteiger partial charge >= 0.3 is 5.97 Å². The molecular weight excluding hydrogens is 278 g/mol. The van der Waals surface area contributed by atoms with Gasteiger partial charge in [0.15, 0.2) is 0 Å². The van der Waals surface area contributed by atoms with Crippen molar-refractivity contribution in [2.24, 2.45) is 5.92 Å². The molecule has 2 aromatic heterocycles. The molecular formula is C13H15N3O3S. The third-order valence-electron chi connectivity index (χ3n) is 3.44. The molecule has 3 heterocycles. The van der Waals surface area contributed by atoms with E-state index in [1.54, 1.807) is 11.3 Å². The van der Waals surface area contributed by atoms with Crippen LogP contribution in [0.1, 0.15) is 18.7 Å². The van der Waals surface area contributed by atoms with Gasteiger partial charge in [-0.15, -0.1) is 0 Å². The Hall–Kier alpha value is -1.73. The smallest absolute Gasteiger partial charge is 0.303 e. The van der Waals surface area contributed by atoms with Gasteiger partial charge in [0.05, 0.1) is 6.54 Å². The van der Waals surface area contributed by atoms with Gasteiger partial charge in [-0.3, -0.25) is 9.69 Å². The first-order valence-electron chi connectivity index (χ1n) is 6.50. The number of aliphatic carboxylic acids is 1. The monoisotopic (exact) mass is 293 g/mol. The number of hydrogen-bond donors (Lipinski definition) is 1. The number of aromatic nitrogens is 2. The van der Waals surface area contributed by atoms with Crippen molar-refractivity contribution >= 4 is 17.3 Å². The highest BCUT2D eigenvalue weighted by molar-refractivity contribution is 7.08. The molecule has 0 aliphatic carbocycles. The second-order valence-electron chi connectivity index (χ2n) is 5.01. The summed E-state index contributed by atoms with van der Waals surface area (Å²) in [5, 5.41) is 16.7. The molecule has 0 saturated carbocycles. The highest BCUT2D eigenvalue weighted by Gasteiger charge is 2.25. The molecule has 2 aromatic rings. The van der Waals surface area contributed by atoms with Crippen molar-refractivity contribution in [3.8, 4) is 11.4 Å². The summed E-state index contributed by atoms with van der Waals surface area (Å²) in [5.74, 6) is 0.700. The van der Waals surface area contributed by atoms with Crippen molar-refractivity contribution in [2.75, 3.05) is 13.1 Å². The van der Waals surface area contributed by atoms with E-state index in [4.69, 9.17) is 9.63 Å². The van der Waals surface area contributed by atoms with E-state index in [1.807, 2.05) is 16.8 Å². The number of carboxylic acid groups (broad SMARTS) is 1. The lowest BCUT2D eigenvalue weighted by atomic mass is 10.1. The van der Waals surface area contributed by atoms with E-state index in [9.17, 15) is 4.79 Å². The number of likely N-dealkylation sites (tertiary alicyclic amines) is 1. The van der Waals surface area contributed by atoms with Gasteiger partial charge in [-0.2, -0.15) is 16.3 Å². The average molecular weight is 293 g/mol. The van der Waals surface area contributed by atoms with Crippen LogP contribution in [0, 0.1) is 5.92 Å². The summed E-state index contributed by atoms with van der Waals surface area (Å²) in [4.78, 5) is 17.2. The highest BCUT2D eigenvalue weighted by Crippen LogP contribution is 2.23. The summed E-state index contributed by atoms with van der Waals surface area (Å²) in [6, 6.07) is 1.96. The second-order valence-corrected chi connectivity index (χ2v) is 5.79. The molecule has 0 amide bonds. The van der Waals surface area contributed by atoms with Crippen LogP contribution in [-0.4, -0.2) is 39.2 Å². The molecule has 20 heavy (non-hydrogen) atoms. The van der Waals surface area contributed by atoms with Crippen molar-refractivity contribution in [3.05, 3.63) is 22.7 Å². The van der Waals surface area contributed by atoms with Gasteiger partial charge in [0.1, 0.15) is 0 Å². The van der Waals surface area contributed by atoms with Gasteiger partial charge < -0.3 is 9.63 Å². The van der Waals surface area contributed by atoms with Crippen molar-refractivity contribution in [2.45, 2.75) is 19.4 Å². The van der Waals surface area contributed by atoms with Crippen molar-refractivity contribution in [1.29, 1.82) is 0 Å². The zero-order valence-electron chi connectivity index (χ0n) is 10.9. The third kappa shape index (κ3) is 3.05. The van der Waals surface area contributed by atoms with Crippen molar-refractivity contribution in [3.63, 3.8) is 0 Å². The standard InChI is InChI=1S/C13H15N3O3S/c17-12(18)5-9-1-3-16(6-9)7-11-14-13(15-19-11)10-2-4-20-8-10/h2,4,8-9H,1,3,5-7H2,(H,17,18). The predicted octanol–water partition coefficient (Wildman–Crippen LogP) is 2.09. The number of hydrogen-bond acceptors (Lipinski definition) is 6. The van der Waals surface area contributed by atoms with Crippen LogP contribution in [0.4, 0.5) is 0 Å². The van der Waals surface area contributed by atoms with E-state index in [0.29, 0.717) is 18.3 Å². The van der Waals surface area contributed by atoms with Crippen molar-refractivity contribution < 1.29 is 14.4 Å². The third-order valence-corrected chi connectivity index (χ3v) is 4.12. The fourth-order valence-corrected chi connectivity index (χ4v) is 3.12. The first-order chi connectivity index (χ1) is 9.70. The summed E-state index contributed by atoms with van der Waals surface area (Å²) in [6.45, 7) is 2.25. The minimum Gasteiger partial charge on any atom is -0.481 e. The van der Waals surface area contributed by atoms with E-state index in [1.165, 1.54) is 0 Å². The maximum absolute atomic E-state index is 10.7. The molecule has 0 bridgehead atoms. The van der Waals surface area contributed by atoms with Crippen LogP contribution in [0.5, 0.6) is 0 Å². The van der Waals surface area contributed by atoms with Crippen LogP contribution in [-0.2, 0) is 11.3 Å². The van der Waals surface area contributed by atoms with Crippen LogP contribution in [0.15, 0.2) is 21.3 Å². The molecule has 0 aromatic carbocycles. The summed E-state index contributed by atoms with van der Waals surface area (Å²) in [5.41, 5.74) is 0.968. The lowest BCUT2D eigenvalue weighted by Crippen LogP contribution is -2.21. The SMILES string of the molecule is O=C(O)CC1CCN(Cc2nc(-c3ccsc3)no2)C1. The lowest BCUT2D eigenvalue weighted by Gasteiger charge is -2.12. The molecule has 1 fully saturated rings. The van der Waals surface area contributed by atoms with Crippen LogP contribution in [0.25, 0.3) is 11.4 Å². The highest BCUT2D eigenvalue weighted by atomic mass is 32.1. The zero-order chi connectivity index (χ0) is 13.9. The molecule has 1 aliphatic rings. The first-order valence-corrected chi connectivity index (χ1v) is 7.44. The molecule has 1 saturated heterocycles. The Morgan fingerprint density at radius 3 is 3.25 bits per heavy atom. The summed E-state index contributed by atoms with van der Waals surface area (Å²) < 4.78 is 5.25. The molecule has 1 aliphatic heterocycles. The average Bonchev–Trinajstić information content (AvgIpc) is 3.09. The minimum absolute atomic E-state index is 0.228. The number of carbonyl (C=O) groups is 1. The quantitative estimate of drug-likeness (QED) is 0.909. The maximum Gasteiger partial charge on any atom is 0.303 e. The predicted molar refractivity (Wildman–Crippen MR) is 73.2 cm³/mol. The molecule has 1 atom stereocenters. The molecule has 0 spiro atoms. The summed E-state index contributed by atoms with van der Waals surface area (Å²) in [6.07, 6.45) is 1.15. The van der Waals surface area contributed by atoms with Gasteiger partial charge in [-0.25, -0.2) is 0 Å². The zero-order valence-corrected chi connectivity index (χ0v) is 11.7. The van der Waals surface area contributed by atoms with Crippen molar-refractivity contribution in [1.82, 2.24) is 15.0 Å². The van der Waals surface area contributed by atoms with E-state index >= 15 is 0 Å².